The topological polar surface area (TPSA) is 35.8 Å². The van der Waals surface area contributed by atoms with Crippen molar-refractivity contribution in [3.05, 3.63) is 41.5 Å². The minimum atomic E-state index is 0.702. The third-order valence-electron chi connectivity index (χ3n) is 1.87. The summed E-state index contributed by atoms with van der Waals surface area (Å²) < 4.78 is 0. The van der Waals surface area contributed by atoms with Gasteiger partial charge in [0, 0.05) is 12.2 Å². The average Bonchev–Trinajstić information content (AvgIpc) is 2.17. The second-order valence-corrected chi connectivity index (χ2v) is 3.15. The zero-order valence-electron chi connectivity index (χ0n) is 8.54. The molecule has 0 aliphatic carbocycles. The summed E-state index contributed by atoms with van der Waals surface area (Å²) >= 11 is 0. The van der Waals surface area contributed by atoms with E-state index >= 15 is 0 Å². The molecule has 0 heterocycles. The first-order valence-electron chi connectivity index (χ1n) is 4.63. The van der Waals surface area contributed by atoms with Gasteiger partial charge in [-0.25, -0.2) is 0 Å². The van der Waals surface area contributed by atoms with Gasteiger partial charge in [-0.05, 0) is 37.6 Å². The molecule has 0 bridgehead atoms. The number of nitrogens with zero attached hydrogens (tertiary/aromatic N) is 1. The zero-order chi connectivity index (χ0) is 10.4. The first-order chi connectivity index (χ1) is 6.76. The van der Waals surface area contributed by atoms with Gasteiger partial charge >= 0.3 is 0 Å². The molecule has 0 fully saturated rings. The van der Waals surface area contributed by atoms with E-state index in [2.05, 4.69) is 11.4 Å². The van der Waals surface area contributed by atoms with Crippen LogP contribution in [0.5, 0.6) is 0 Å². The lowest BCUT2D eigenvalue weighted by atomic mass is 10.1. The highest BCUT2D eigenvalue weighted by Gasteiger charge is 1.95. The SMILES string of the molecule is C/C=C/CNc1cc(C)cc(C#N)c1. The fraction of sp³-hybridized carbons (Fsp3) is 0.250. The Labute approximate surface area is 84.9 Å². The van der Waals surface area contributed by atoms with Crippen LogP contribution >= 0.6 is 0 Å². The summed E-state index contributed by atoms with van der Waals surface area (Å²) in [7, 11) is 0. The normalized spacial score (nSPS) is 10.1. The molecule has 1 aromatic rings. The summed E-state index contributed by atoms with van der Waals surface area (Å²) in [4.78, 5) is 0. The lowest BCUT2D eigenvalue weighted by molar-refractivity contribution is 1.30. The molecule has 1 rings (SSSR count). The number of nitrogens with one attached hydrogen (secondary N) is 1. The summed E-state index contributed by atoms with van der Waals surface area (Å²) in [5, 5.41) is 12.0. The molecule has 2 nitrogen and oxygen atoms in total. The second-order valence-electron chi connectivity index (χ2n) is 3.15. The summed E-state index contributed by atoms with van der Waals surface area (Å²) in [6, 6.07) is 7.91. The summed E-state index contributed by atoms with van der Waals surface area (Å²) in [6.07, 6.45) is 4.03. The van der Waals surface area contributed by atoms with E-state index < -0.39 is 0 Å². The minimum absolute atomic E-state index is 0.702. The molecule has 0 aliphatic heterocycles. The molecule has 1 aromatic carbocycles. The van der Waals surface area contributed by atoms with E-state index in [-0.39, 0.29) is 0 Å². The van der Waals surface area contributed by atoms with Crippen LogP contribution in [-0.2, 0) is 0 Å². The van der Waals surface area contributed by atoms with Gasteiger partial charge in [0.25, 0.3) is 0 Å². The molecular weight excluding hydrogens is 172 g/mol. The van der Waals surface area contributed by atoms with E-state index in [0.29, 0.717) is 5.56 Å². The van der Waals surface area contributed by atoms with E-state index in [0.717, 1.165) is 17.8 Å². The Morgan fingerprint density at radius 3 is 2.86 bits per heavy atom. The highest BCUT2D eigenvalue weighted by molar-refractivity contribution is 5.52. The van der Waals surface area contributed by atoms with Gasteiger partial charge in [-0.15, -0.1) is 0 Å². The first kappa shape index (κ1) is 10.3. The maximum Gasteiger partial charge on any atom is 0.0992 e. The second kappa shape index (κ2) is 5.08. The van der Waals surface area contributed by atoms with Crippen molar-refractivity contribution < 1.29 is 0 Å². The number of rotatable bonds is 3. The largest absolute Gasteiger partial charge is 0.382 e. The van der Waals surface area contributed by atoms with Crippen LogP contribution in [0.15, 0.2) is 30.4 Å². The van der Waals surface area contributed by atoms with Crippen LogP contribution in [-0.4, -0.2) is 6.54 Å². The summed E-state index contributed by atoms with van der Waals surface area (Å²) in [5.74, 6) is 0. The van der Waals surface area contributed by atoms with Crippen molar-refractivity contribution in [1.82, 2.24) is 0 Å². The van der Waals surface area contributed by atoms with Crippen molar-refractivity contribution in [2.24, 2.45) is 0 Å². The van der Waals surface area contributed by atoms with Gasteiger partial charge in [0.1, 0.15) is 0 Å². The van der Waals surface area contributed by atoms with Crippen molar-refractivity contribution >= 4 is 5.69 Å². The number of anilines is 1. The van der Waals surface area contributed by atoms with Crippen LogP contribution in [0.4, 0.5) is 5.69 Å². The number of benzene rings is 1. The van der Waals surface area contributed by atoms with E-state index in [1.54, 1.807) is 0 Å². The van der Waals surface area contributed by atoms with Crippen LogP contribution in [0.3, 0.4) is 0 Å². The number of hydrogen-bond donors (Lipinski definition) is 1. The van der Waals surface area contributed by atoms with Crippen LogP contribution in [0, 0.1) is 18.3 Å². The van der Waals surface area contributed by atoms with E-state index in [1.165, 1.54) is 0 Å². The molecule has 0 aliphatic rings. The Kier molecular flexibility index (Phi) is 3.75. The van der Waals surface area contributed by atoms with E-state index in [4.69, 9.17) is 5.26 Å². The first-order valence-corrected chi connectivity index (χ1v) is 4.63. The predicted octanol–water partition coefficient (Wildman–Crippen LogP) is 2.85. The van der Waals surface area contributed by atoms with Crippen molar-refractivity contribution in [3.8, 4) is 6.07 Å². The highest BCUT2D eigenvalue weighted by atomic mass is 14.9. The standard InChI is InChI=1S/C12H14N2/c1-3-4-5-14-12-7-10(2)6-11(8-12)9-13/h3-4,6-8,14H,5H2,1-2H3/b4-3+. The smallest absolute Gasteiger partial charge is 0.0992 e. The van der Waals surface area contributed by atoms with Crippen LogP contribution in [0.25, 0.3) is 0 Å². The van der Waals surface area contributed by atoms with Crippen LogP contribution in [0.1, 0.15) is 18.1 Å². The molecule has 0 spiro atoms. The molecule has 0 saturated carbocycles. The number of aryl methyl sites for hydroxylation is 1. The quantitative estimate of drug-likeness (QED) is 0.737. The Hall–Kier alpha value is -1.75. The highest BCUT2D eigenvalue weighted by Crippen LogP contribution is 2.13. The molecule has 0 radical (unpaired) electrons. The number of hydrogen-bond acceptors (Lipinski definition) is 2. The van der Waals surface area contributed by atoms with Gasteiger partial charge in [-0.3, -0.25) is 0 Å². The molecule has 0 unspecified atom stereocenters. The van der Waals surface area contributed by atoms with Gasteiger partial charge in [0.15, 0.2) is 0 Å². The Balaban J connectivity index is 2.77. The predicted molar refractivity (Wildman–Crippen MR) is 59.2 cm³/mol. The summed E-state index contributed by atoms with van der Waals surface area (Å²) in [5.41, 5.74) is 2.81. The Morgan fingerprint density at radius 2 is 2.21 bits per heavy atom. The van der Waals surface area contributed by atoms with Crippen molar-refractivity contribution in [2.45, 2.75) is 13.8 Å². The molecule has 0 amide bonds. The van der Waals surface area contributed by atoms with Gasteiger partial charge in [-0.2, -0.15) is 5.26 Å². The molecule has 0 saturated heterocycles. The maximum absolute atomic E-state index is 8.77. The van der Waals surface area contributed by atoms with Crippen LogP contribution in [0.2, 0.25) is 0 Å². The van der Waals surface area contributed by atoms with Gasteiger partial charge < -0.3 is 5.32 Å². The van der Waals surface area contributed by atoms with Gasteiger partial charge in [0.2, 0.25) is 0 Å². The van der Waals surface area contributed by atoms with Crippen molar-refractivity contribution in [1.29, 1.82) is 5.26 Å². The fourth-order valence-corrected chi connectivity index (χ4v) is 1.24. The number of nitriles is 1. The van der Waals surface area contributed by atoms with Crippen molar-refractivity contribution in [2.75, 3.05) is 11.9 Å². The molecular formula is C12H14N2. The monoisotopic (exact) mass is 186 g/mol. The Morgan fingerprint density at radius 1 is 1.43 bits per heavy atom. The third-order valence-corrected chi connectivity index (χ3v) is 1.87. The molecule has 14 heavy (non-hydrogen) atoms. The average molecular weight is 186 g/mol. The van der Waals surface area contributed by atoms with Gasteiger partial charge in [0.05, 0.1) is 11.6 Å². The number of allylic oxidation sites excluding steroid dienone is 1. The molecule has 1 N–H and O–H groups in total. The van der Waals surface area contributed by atoms with E-state index in [9.17, 15) is 0 Å². The Bertz CT molecular complexity index is 372. The van der Waals surface area contributed by atoms with E-state index in [1.807, 2.05) is 44.2 Å². The lowest BCUT2D eigenvalue weighted by Crippen LogP contribution is -1.98. The molecule has 72 valence electrons. The molecule has 0 aromatic heterocycles. The fourth-order valence-electron chi connectivity index (χ4n) is 1.24. The minimum Gasteiger partial charge on any atom is -0.382 e. The zero-order valence-corrected chi connectivity index (χ0v) is 8.54. The lowest BCUT2D eigenvalue weighted by Gasteiger charge is -2.04. The molecule has 0 atom stereocenters. The third kappa shape index (κ3) is 2.95. The van der Waals surface area contributed by atoms with Crippen molar-refractivity contribution in [3.63, 3.8) is 0 Å². The maximum atomic E-state index is 8.77. The molecule has 2 heteroatoms. The van der Waals surface area contributed by atoms with Crippen LogP contribution < -0.4 is 5.32 Å². The van der Waals surface area contributed by atoms with Gasteiger partial charge in [-0.1, -0.05) is 12.2 Å². The summed E-state index contributed by atoms with van der Waals surface area (Å²) in [6.45, 7) is 4.77.